The minimum Gasteiger partial charge on any atom is -0.481 e. The van der Waals surface area contributed by atoms with Crippen LogP contribution in [0.2, 0.25) is 0 Å². The van der Waals surface area contributed by atoms with E-state index in [2.05, 4.69) is 31.2 Å². The molecular formula is C16H22O2. The van der Waals surface area contributed by atoms with Gasteiger partial charge in [0.15, 0.2) is 0 Å². The minimum atomic E-state index is -0.624. The van der Waals surface area contributed by atoms with E-state index < -0.39 is 5.97 Å². The Bertz CT molecular complexity index is 411. The number of carboxylic acids is 1. The third-order valence-corrected chi connectivity index (χ3v) is 4.00. The van der Waals surface area contributed by atoms with Crippen LogP contribution in [0.25, 0.3) is 0 Å². The molecule has 1 aliphatic rings. The molecule has 0 saturated heterocycles. The SMILES string of the molecule is CCCc1cccc(C2CCCCC2C(=O)O)c1. The van der Waals surface area contributed by atoms with Crippen LogP contribution in [-0.4, -0.2) is 11.1 Å². The zero-order chi connectivity index (χ0) is 13.0. The first kappa shape index (κ1) is 13.1. The zero-order valence-electron chi connectivity index (χ0n) is 11.1. The average molecular weight is 246 g/mol. The lowest BCUT2D eigenvalue weighted by Gasteiger charge is -2.29. The molecule has 0 heterocycles. The Morgan fingerprint density at radius 2 is 2.11 bits per heavy atom. The van der Waals surface area contributed by atoms with E-state index in [1.807, 2.05) is 0 Å². The van der Waals surface area contributed by atoms with Crippen LogP contribution in [0.15, 0.2) is 24.3 Å². The maximum Gasteiger partial charge on any atom is 0.307 e. The highest BCUT2D eigenvalue weighted by Gasteiger charge is 2.31. The molecule has 0 aliphatic heterocycles. The lowest BCUT2D eigenvalue weighted by Crippen LogP contribution is -2.25. The summed E-state index contributed by atoms with van der Waals surface area (Å²) in [5.41, 5.74) is 2.57. The van der Waals surface area contributed by atoms with Gasteiger partial charge in [-0.05, 0) is 36.3 Å². The number of aliphatic carboxylic acids is 1. The maximum atomic E-state index is 11.3. The van der Waals surface area contributed by atoms with E-state index in [0.29, 0.717) is 0 Å². The highest BCUT2D eigenvalue weighted by atomic mass is 16.4. The summed E-state index contributed by atoms with van der Waals surface area (Å²) in [6.45, 7) is 2.17. The van der Waals surface area contributed by atoms with Gasteiger partial charge in [-0.1, -0.05) is 50.5 Å². The molecule has 1 N–H and O–H groups in total. The maximum absolute atomic E-state index is 11.3. The molecule has 2 unspecified atom stereocenters. The Labute approximate surface area is 109 Å². The lowest BCUT2D eigenvalue weighted by molar-refractivity contribution is -0.143. The van der Waals surface area contributed by atoms with Gasteiger partial charge in [-0.3, -0.25) is 4.79 Å². The molecule has 0 amide bonds. The smallest absolute Gasteiger partial charge is 0.307 e. The summed E-state index contributed by atoms with van der Waals surface area (Å²) in [4.78, 5) is 11.3. The van der Waals surface area contributed by atoms with E-state index in [4.69, 9.17) is 0 Å². The number of carboxylic acid groups (broad SMARTS) is 1. The monoisotopic (exact) mass is 246 g/mol. The molecule has 1 aromatic rings. The number of aryl methyl sites for hydroxylation is 1. The van der Waals surface area contributed by atoms with E-state index >= 15 is 0 Å². The van der Waals surface area contributed by atoms with Gasteiger partial charge in [0.2, 0.25) is 0 Å². The van der Waals surface area contributed by atoms with Crippen LogP contribution in [0, 0.1) is 5.92 Å². The van der Waals surface area contributed by atoms with Gasteiger partial charge in [0, 0.05) is 0 Å². The van der Waals surface area contributed by atoms with E-state index in [-0.39, 0.29) is 11.8 Å². The molecule has 18 heavy (non-hydrogen) atoms. The minimum absolute atomic E-state index is 0.185. The van der Waals surface area contributed by atoms with Gasteiger partial charge >= 0.3 is 5.97 Å². The fourth-order valence-electron chi connectivity index (χ4n) is 3.09. The molecule has 98 valence electrons. The Kier molecular flexibility index (Phi) is 4.40. The summed E-state index contributed by atoms with van der Waals surface area (Å²) in [5, 5.41) is 9.34. The molecule has 1 fully saturated rings. The lowest BCUT2D eigenvalue weighted by atomic mass is 9.75. The van der Waals surface area contributed by atoms with Crippen molar-refractivity contribution in [2.24, 2.45) is 5.92 Å². The van der Waals surface area contributed by atoms with E-state index in [0.717, 1.165) is 38.5 Å². The van der Waals surface area contributed by atoms with E-state index in [1.54, 1.807) is 0 Å². The van der Waals surface area contributed by atoms with Crippen molar-refractivity contribution in [2.75, 3.05) is 0 Å². The van der Waals surface area contributed by atoms with Gasteiger partial charge in [-0.2, -0.15) is 0 Å². The van der Waals surface area contributed by atoms with Crippen molar-refractivity contribution in [3.8, 4) is 0 Å². The summed E-state index contributed by atoms with van der Waals surface area (Å²) < 4.78 is 0. The molecule has 0 bridgehead atoms. The van der Waals surface area contributed by atoms with E-state index in [1.165, 1.54) is 11.1 Å². The second-order valence-electron chi connectivity index (χ2n) is 5.33. The number of carbonyl (C=O) groups is 1. The molecule has 1 aromatic carbocycles. The summed E-state index contributed by atoms with van der Waals surface area (Å²) in [6.07, 6.45) is 6.29. The summed E-state index contributed by atoms with van der Waals surface area (Å²) in [5.74, 6) is -0.593. The van der Waals surface area contributed by atoms with Crippen LogP contribution in [-0.2, 0) is 11.2 Å². The largest absolute Gasteiger partial charge is 0.481 e. The summed E-state index contributed by atoms with van der Waals surface area (Å²) in [6, 6.07) is 8.54. The third-order valence-electron chi connectivity index (χ3n) is 4.00. The molecule has 1 aliphatic carbocycles. The standard InChI is InChI=1S/C16H22O2/c1-2-6-12-7-5-8-13(11-12)14-9-3-4-10-15(14)16(17)18/h5,7-8,11,14-15H,2-4,6,9-10H2,1H3,(H,17,18). The zero-order valence-corrected chi connectivity index (χ0v) is 11.1. The van der Waals surface area contributed by atoms with Crippen molar-refractivity contribution < 1.29 is 9.90 Å². The summed E-state index contributed by atoms with van der Waals surface area (Å²) in [7, 11) is 0. The Morgan fingerprint density at radius 1 is 1.33 bits per heavy atom. The molecular weight excluding hydrogens is 224 g/mol. The van der Waals surface area contributed by atoms with Crippen LogP contribution >= 0.6 is 0 Å². The van der Waals surface area contributed by atoms with Crippen molar-refractivity contribution in [1.82, 2.24) is 0 Å². The van der Waals surface area contributed by atoms with Crippen molar-refractivity contribution in [3.05, 3.63) is 35.4 Å². The Balaban J connectivity index is 2.22. The topological polar surface area (TPSA) is 37.3 Å². The van der Waals surface area contributed by atoms with Gasteiger partial charge in [0.1, 0.15) is 0 Å². The number of rotatable bonds is 4. The molecule has 2 rings (SSSR count). The first-order chi connectivity index (χ1) is 8.72. The second kappa shape index (κ2) is 6.03. The normalized spacial score (nSPS) is 23.8. The fraction of sp³-hybridized carbons (Fsp3) is 0.562. The van der Waals surface area contributed by atoms with Crippen molar-refractivity contribution >= 4 is 5.97 Å². The quantitative estimate of drug-likeness (QED) is 0.872. The van der Waals surface area contributed by atoms with Crippen LogP contribution in [0.5, 0.6) is 0 Å². The summed E-state index contributed by atoms with van der Waals surface area (Å²) >= 11 is 0. The Hall–Kier alpha value is -1.31. The predicted octanol–water partition coefficient (Wildman–Crippen LogP) is 4.00. The Morgan fingerprint density at radius 3 is 2.83 bits per heavy atom. The van der Waals surface area contributed by atoms with Crippen LogP contribution in [0.4, 0.5) is 0 Å². The van der Waals surface area contributed by atoms with Gasteiger partial charge in [0.25, 0.3) is 0 Å². The average Bonchev–Trinajstić information content (AvgIpc) is 2.39. The molecule has 0 radical (unpaired) electrons. The first-order valence-corrected chi connectivity index (χ1v) is 7.04. The van der Waals surface area contributed by atoms with Crippen LogP contribution in [0.1, 0.15) is 56.1 Å². The predicted molar refractivity (Wildman–Crippen MR) is 72.8 cm³/mol. The molecule has 2 atom stereocenters. The van der Waals surface area contributed by atoms with Crippen molar-refractivity contribution in [1.29, 1.82) is 0 Å². The fourth-order valence-corrected chi connectivity index (χ4v) is 3.09. The molecule has 2 heteroatoms. The van der Waals surface area contributed by atoms with Gasteiger partial charge in [0.05, 0.1) is 5.92 Å². The second-order valence-corrected chi connectivity index (χ2v) is 5.33. The van der Waals surface area contributed by atoms with Crippen LogP contribution < -0.4 is 0 Å². The van der Waals surface area contributed by atoms with E-state index in [9.17, 15) is 9.90 Å². The van der Waals surface area contributed by atoms with Crippen LogP contribution in [0.3, 0.4) is 0 Å². The molecule has 0 spiro atoms. The number of hydrogen-bond donors (Lipinski definition) is 1. The molecule has 2 nitrogen and oxygen atoms in total. The van der Waals surface area contributed by atoms with Gasteiger partial charge < -0.3 is 5.11 Å². The van der Waals surface area contributed by atoms with Gasteiger partial charge in [-0.25, -0.2) is 0 Å². The van der Waals surface area contributed by atoms with Crippen molar-refractivity contribution in [2.45, 2.75) is 51.4 Å². The third kappa shape index (κ3) is 2.92. The number of hydrogen-bond acceptors (Lipinski definition) is 1. The van der Waals surface area contributed by atoms with Gasteiger partial charge in [-0.15, -0.1) is 0 Å². The molecule has 0 aromatic heterocycles. The number of benzene rings is 1. The first-order valence-electron chi connectivity index (χ1n) is 7.04. The highest BCUT2D eigenvalue weighted by molar-refractivity contribution is 5.71. The highest BCUT2D eigenvalue weighted by Crippen LogP contribution is 2.38. The van der Waals surface area contributed by atoms with Crippen molar-refractivity contribution in [3.63, 3.8) is 0 Å². The molecule has 1 saturated carbocycles.